The molecule has 0 unspecified atom stereocenters. The number of carbonyl (C=O) groups excluding carboxylic acids is 1. The number of nitro groups is 2. The van der Waals surface area contributed by atoms with Gasteiger partial charge in [-0.15, -0.1) is 0 Å². The van der Waals surface area contributed by atoms with Crippen LogP contribution >= 0.6 is 0 Å². The lowest BCUT2D eigenvalue weighted by Crippen LogP contribution is -2.34. The molecule has 0 aromatic heterocycles. The summed E-state index contributed by atoms with van der Waals surface area (Å²) >= 11 is 0. The number of hydrogen-bond donors (Lipinski definition) is 0. The number of methoxy groups -OCH3 is 1. The van der Waals surface area contributed by atoms with E-state index in [9.17, 15) is 25.0 Å². The van der Waals surface area contributed by atoms with Crippen molar-refractivity contribution in [1.29, 1.82) is 0 Å². The first-order valence-corrected chi connectivity index (χ1v) is 10.7. The third kappa shape index (κ3) is 4.93. The Hall–Kier alpha value is -4.79. The zero-order valence-corrected chi connectivity index (χ0v) is 18.7. The Balaban J connectivity index is 1.78. The van der Waals surface area contributed by atoms with Gasteiger partial charge in [0.05, 0.1) is 23.0 Å². The second kappa shape index (κ2) is 10.0. The van der Waals surface area contributed by atoms with Crippen molar-refractivity contribution < 1.29 is 19.4 Å². The number of nitro benzene ring substituents is 2. The predicted molar refractivity (Wildman–Crippen MR) is 131 cm³/mol. The summed E-state index contributed by atoms with van der Waals surface area (Å²) in [5.74, 6) is -0.759. The highest BCUT2D eigenvalue weighted by Gasteiger charge is 2.38. The van der Waals surface area contributed by atoms with Crippen LogP contribution in [0, 0.1) is 20.2 Å². The van der Waals surface area contributed by atoms with Crippen molar-refractivity contribution in [2.45, 2.75) is 12.0 Å². The zero-order chi connectivity index (χ0) is 24.9. The quantitative estimate of drug-likeness (QED) is 0.263. The fraction of sp³-hybridized carbons (Fsp3) is 0.115. The monoisotopic (exact) mass is 471 g/mol. The number of ether oxygens (including phenoxy) is 1. The second-order valence-electron chi connectivity index (χ2n) is 7.82. The predicted octanol–water partition coefficient (Wildman–Crippen LogP) is 5.25. The van der Waals surface area contributed by atoms with Crippen molar-refractivity contribution in [3.05, 3.63) is 128 Å². The highest BCUT2D eigenvalue weighted by atomic mass is 16.6. The van der Waals surface area contributed by atoms with Gasteiger partial charge < -0.3 is 9.64 Å². The summed E-state index contributed by atoms with van der Waals surface area (Å²) in [7, 11) is 1.30. The molecule has 0 amide bonds. The van der Waals surface area contributed by atoms with Crippen molar-refractivity contribution in [2.24, 2.45) is 0 Å². The lowest BCUT2D eigenvalue weighted by Gasteiger charge is -2.30. The topological polar surface area (TPSA) is 116 Å². The lowest BCUT2D eigenvalue weighted by atomic mass is 9.92. The summed E-state index contributed by atoms with van der Waals surface area (Å²) in [6.45, 7) is 0. The maximum Gasteiger partial charge on any atom is 0.354 e. The Morgan fingerprint density at radius 2 is 1.46 bits per heavy atom. The molecule has 176 valence electrons. The maximum absolute atomic E-state index is 12.7. The molecule has 1 aliphatic rings. The molecule has 9 heteroatoms. The highest BCUT2D eigenvalue weighted by Crippen LogP contribution is 2.40. The summed E-state index contributed by atoms with van der Waals surface area (Å²) in [5, 5.41) is 22.1. The Labute approximate surface area is 200 Å². The number of rotatable bonds is 7. The molecule has 0 aliphatic carbocycles. The molecule has 0 fully saturated rings. The van der Waals surface area contributed by atoms with E-state index in [4.69, 9.17) is 4.74 Å². The van der Waals surface area contributed by atoms with Gasteiger partial charge in [-0.25, -0.2) is 4.79 Å². The first-order chi connectivity index (χ1) is 16.9. The number of nitrogens with zero attached hydrogens (tertiary/aromatic N) is 3. The van der Waals surface area contributed by atoms with Crippen LogP contribution < -0.4 is 4.90 Å². The van der Waals surface area contributed by atoms with Gasteiger partial charge >= 0.3 is 5.97 Å². The third-order valence-electron chi connectivity index (χ3n) is 5.77. The molecule has 35 heavy (non-hydrogen) atoms. The van der Waals surface area contributed by atoms with Crippen molar-refractivity contribution >= 4 is 29.1 Å². The summed E-state index contributed by atoms with van der Waals surface area (Å²) in [4.78, 5) is 35.7. The summed E-state index contributed by atoms with van der Waals surface area (Å²) in [5.41, 5.74) is 2.55. The smallest absolute Gasteiger partial charge is 0.354 e. The summed E-state index contributed by atoms with van der Waals surface area (Å²) < 4.78 is 5.03. The molecule has 1 aliphatic heterocycles. The Morgan fingerprint density at radius 1 is 0.886 bits per heavy atom. The van der Waals surface area contributed by atoms with Gasteiger partial charge in [-0.1, -0.05) is 42.5 Å². The van der Waals surface area contributed by atoms with E-state index < -0.39 is 15.8 Å². The van der Waals surface area contributed by atoms with Crippen LogP contribution in [-0.2, 0) is 9.53 Å². The van der Waals surface area contributed by atoms with Gasteiger partial charge in [-0.05, 0) is 41.5 Å². The molecule has 2 atom stereocenters. The molecule has 0 radical (unpaired) electrons. The first-order valence-electron chi connectivity index (χ1n) is 10.7. The van der Waals surface area contributed by atoms with E-state index in [-0.39, 0.29) is 23.3 Å². The minimum absolute atomic E-state index is 0.00710. The number of non-ortho nitro benzene ring substituents is 2. The molecule has 3 aromatic carbocycles. The van der Waals surface area contributed by atoms with Crippen LogP contribution in [0.3, 0.4) is 0 Å². The standard InChI is InChI=1S/C26H21N3O6/c1-35-26(30)25-17-23(19-5-3-2-4-6-19)24(16-9-18-7-10-21(11-8-18)28(31)32)27(25)20-12-14-22(15-13-20)29(33)34/h2-17,23-24H,1H3/b16-9+/t23-,24+/m1/s1. The van der Waals surface area contributed by atoms with Gasteiger partial charge in [0.25, 0.3) is 11.4 Å². The Kier molecular flexibility index (Phi) is 6.68. The number of esters is 1. The Morgan fingerprint density at radius 3 is 2.00 bits per heavy atom. The molecular weight excluding hydrogens is 450 g/mol. The normalized spacial score (nSPS) is 17.3. The van der Waals surface area contributed by atoms with E-state index in [1.807, 2.05) is 48.6 Å². The van der Waals surface area contributed by atoms with Crippen molar-refractivity contribution in [3.63, 3.8) is 0 Å². The fourth-order valence-electron chi connectivity index (χ4n) is 4.08. The van der Waals surface area contributed by atoms with Crippen LogP contribution in [0.15, 0.2) is 96.7 Å². The SMILES string of the molecule is COC(=O)C1=C[C@H](c2ccccc2)[C@H](/C=C/c2ccc([N+](=O)[O-])cc2)N1c1ccc([N+](=O)[O-])cc1. The minimum Gasteiger partial charge on any atom is -0.464 e. The van der Waals surface area contributed by atoms with E-state index in [0.717, 1.165) is 11.1 Å². The molecule has 4 rings (SSSR count). The van der Waals surface area contributed by atoms with E-state index in [2.05, 4.69) is 0 Å². The number of benzene rings is 3. The molecule has 3 aromatic rings. The fourth-order valence-corrected chi connectivity index (χ4v) is 4.08. The van der Waals surface area contributed by atoms with Gasteiger partial charge in [0, 0.05) is 35.9 Å². The van der Waals surface area contributed by atoms with E-state index in [1.54, 1.807) is 29.2 Å². The highest BCUT2D eigenvalue weighted by molar-refractivity contribution is 5.95. The van der Waals surface area contributed by atoms with Crippen LogP contribution in [0.5, 0.6) is 0 Å². The van der Waals surface area contributed by atoms with Crippen molar-refractivity contribution in [3.8, 4) is 0 Å². The lowest BCUT2D eigenvalue weighted by molar-refractivity contribution is -0.385. The largest absolute Gasteiger partial charge is 0.464 e. The van der Waals surface area contributed by atoms with Gasteiger partial charge in [0.2, 0.25) is 0 Å². The Bertz CT molecular complexity index is 1300. The van der Waals surface area contributed by atoms with E-state index in [0.29, 0.717) is 11.4 Å². The second-order valence-corrected chi connectivity index (χ2v) is 7.82. The minimum atomic E-state index is -0.532. The molecule has 0 bridgehead atoms. The van der Waals surface area contributed by atoms with Crippen LogP contribution in [0.2, 0.25) is 0 Å². The molecule has 0 saturated heterocycles. The van der Waals surface area contributed by atoms with Gasteiger partial charge in [-0.3, -0.25) is 20.2 Å². The molecule has 0 spiro atoms. The summed E-state index contributed by atoms with van der Waals surface area (Å²) in [6, 6.07) is 21.4. The average Bonchev–Trinajstić information content (AvgIpc) is 3.27. The van der Waals surface area contributed by atoms with Crippen LogP contribution in [0.1, 0.15) is 17.0 Å². The van der Waals surface area contributed by atoms with Crippen LogP contribution in [-0.4, -0.2) is 29.0 Å². The molecule has 0 N–H and O–H groups in total. The van der Waals surface area contributed by atoms with E-state index >= 15 is 0 Å². The zero-order valence-electron chi connectivity index (χ0n) is 18.7. The van der Waals surface area contributed by atoms with Gasteiger partial charge in [0.1, 0.15) is 5.70 Å². The number of carbonyl (C=O) groups is 1. The van der Waals surface area contributed by atoms with Gasteiger partial charge in [-0.2, -0.15) is 0 Å². The van der Waals surface area contributed by atoms with Crippen LogP contribution in [0.25, 0.3) is 6.08 Å². The molecule has 9 nitrogen and oxygen atoms in total. The molecular formula is C26H21N3O6. The van der Waals surface area contributed by atoms with Crippen molar-refractivity contribution in [2.75, 3.05) is 12.0 Å². The molecule has 1 heterocycles. The number of hydrogen-bond acceptors (Lipinski definition) is 7. The third-order valence-corrected chi connectivity index (χ3v) is 5.77. The van der Waals surface area contributed by atoms with Crippen molar-refractivity contribution in [1.82, 2.24) is 0 Å². The van der Waals surface area contributed by atoms with E-state index in [1.165, 1.54) is 31.4 Å². The maximum atomic E-state index is 12.7. The molecule has 0 saturated carbocycles. The average molecular weight is 471 g/mol. The first kappa shape index (κ1) is 23.4. The van der Waals surface area contributed by atoms with Crippen LogP contribution in [0.4, 0.5) is 17.1 Å². The van der Waals surface area contributed by atoms with Gasteiger partial charge in [0.15, 0.2) is 0 Å². The summed E-state index contributed by atoms with van der Waals surface area (Å²) in [6.07, 6.45) is 5.57. The number of anilines is 1.